The van der Waals surface area contributed by atoms with E-state index in [2.05, 4.69) is 0 Å². The Morgan fingerprint density at radius 3 is 2.64 bits per heavy atom. The molecule has 1 saturated carbocycles. The van der Waals surface area contributed by atoms with Gasteiger partial charge in [-0.05, 0) is 18.9 Å². The van der Waals surface area contributed by atoms with Gasteiger partial charge in [0.15, 0.2) is 5.75 Å². The van der Waals surface area contributed by atoms with E-state index in [9.17, 15) is 18.3 Å². The molecule has 130 valence electrons. The summed E-state index contributed by atoms with van der Waals surface area (Å²) in [6.45, 7) is 0. The molecular formula is C17H15NO6S. The summed E-state index contributed by atoms with van der Waals surface area (Å²) in [6, 6.07) is 8.39. The van der Waals surface area contributed by atoms with Crippen LogP contribution in [0, 0.1) is 0 Å². The van der Waals surface area contributed by atoms with Crippen molar-refractivity contribution in [1.82, 2.24) is 4.40 Å². The molecule has 25 heavy (non-hydrogen) atoms. The number of aromatic carboxylic acids is 1. The molecule has 1 N–H and O–H groups in total. The van der Waals surface area contributed by atoms with Crippen LogP contribution in [0.3, 0.4) is 0 Å². The summed E-state index contributed by atoms with van der Waals surface area (Å²) < 4.78 is 36.3. The Bertz CT molecular complexity index is 1110. The summed E-state index contributed by atoms with van der Waals surface area (Å²) in [4.78, 5) is 11.8. The summed E-state index contributed by atoms with van der Waals surface area (Å²) in [5, 5.41) is 9.70. The van der Waals surface area contributed by atoms with Gasteiger partial charge in [0.05, 0.1) is 29.6 Å². The van der Waals surface area contributed by atoms with Crippen LogP contribution < -0.4 is 8.92 Å². The minimum atomic E-state index is -3.68. The summed E-state index contributed by atoms with van der Waals surface area (Å²) in [6.07, 6.45) is 2.67. The van der Waals surface area contributed by atoms with Gasteiger partial charge in [0.1, 0.15) is 11.3 Å². The van der Waals surface area contributed by atoms with Gasteiger partial charge in [-0.1, -0.05) is 18.2 Å². The van der Waals surface area contributed by atoms with Crippen LogP contribution in [0.5, 0.6) is 11.5 Å². The van der Waals surface area contributed by atoms with Crippen molar-refractivity contribution in [1.29, 1.82) is 0 Å². The van der Waals surface area contributed by atoms with E-state index >= 15 is 0 Å². The van der Waals surface area contributed by atoms with Gasteiger partial charge in [-0.2, -0.15) is 8.42 Å². The van der Waals surface area contributed by atoms with Crippen LogP contribution in [0.4, 0.5) is 0 Å². The predicted octanol–water partition coefficient (Wildman–Crippen LogP) is 2.67. The second-order valence-electron chi connectivity index (χ2n) is 5.94. The number of aromatic nitrogens is 1. The van der Waals surface area contributed by atoms with Crippen molar-refractivity contribution < 1.29 is 27.2 Å². The van der Waals surface area contributed by atoms with Gasteiger partial charge in [0, 0.05) is 11.5 Å². The third-order valence-electron chi connectivity index (χ3n) is 4.25. The number of carbonyl (C=O) groups is 1. The van der Waals surface area contributed by atoms with Crippen molar-refractivity contribution in [2.24, 2.45) is 0 Å². The van der Waals surface area contributed by atoms with Crippen LogP contribution in [0.1, 0.15) is 23.2 Å². The number of carboxylic acid groups (broad SMARTS) is 1. The molecule has 3 aromatic rings. The highest BCUT2D eigenvalue weighted by Gasteiger charge is 2.38. The molecule has 8 heteroatoms. The lowest BCUT2D eigenvalue weighted by Crippen LogP contribution is -2.14. The highest BCUT2D eigenvalue weighted by Crippen LogP contribution is 2.37. The quantitative estimate of drug-likeness (QED) is 0.702. The topological polar surface area (TPSA) is 94.3 Å². The molecule has 0 saturated heterocycles. The van der Waals surface area contributed by atoms with Crippen molar-refractivity contribution in [2.75, 3.05) is 7.11 Å². The number of methoxy groups -OCH3 is 1. The maximum Gasteiger partial charge on any atom is 0.338 e. The van der Waals surface area contributed by atoms with Crippen molar-refractivity contribution in [2.45, 2.75) is 18.1 Å². The van der Waals surface area contributed by atoms with Crippen molar-refractivity contribution in [3.8, 4) is 11.5 Å². The summed E-state index contributed by atoms with van der Waals surface area (Å²) in [5.41, 5.74) is 1.08. The Kier molecular flexibility index (Phi) is 3.40. The summed E-state index contributed by atoms with van der Waals surface area (Å²) >= 11 is 0. The molecule has 1 aliphatic carbocycles. The number of nitrogens with zero attached hydrogens (tertiary/aromatic N) is 1. The Balaban J connectivity index is 2.01. The number of hydrogen-bond acceptors (Lipinski definition) is 5. The van der Waals surface area contributed by atoms with Crippen LogP contribution in [-0.2, 0) is 10.1 Å². The zero-order valence-corrected chi connectivity index (χ0v) is 14.1. The van der Waals surface area contributed by atoms with Crippen molar-refractivity contribution >= 4 is 32.5 Å². The van der Waals surface area contributed by atoms with Gasteiger partial charge in [-0.3, -0.25) is 0 Å². The predicted molar refractivity (Wildman–Crippen MR) is 91.0 cm³/mol. The molecule has 4 rings (SSSR count). The second-order valence-corrected chi connectivity index (χ2v) is 7.75. The monoisotopic (exact) mass is 361 g/mol. The molecule has 0 atom stereocenters. The number of para-hydroxylation sites is 1. The first-order chi connectivity index (χ1) is 11.9. The van der Waals surface area contributed by atoms with Crippen LogP contribution in [0.15, 0.2) is 36.5 Å². The third-order valence-corrected chi connectivity index (χ3v) is 5.97. The number of carboxylic acids is 1. The van der Waals surface area contributed by atoms with Crippen LogP contribution in [0.25, 0.3) is 16.4 Å². The van der Waals surface area contributed by atoms with Crippen LogP contribution in [0.2, 0.25) is 0 Å². The molecule has 0 amide bonds. The van der Waals surface area contributed by atoms with E-state index in [1.807, 2.05) is 0 Å². The van der Waals surface area contributed by atoms with Crippen LogP contribution >= 0.6 is 0 Å². The highest BCUT2D eigenvalue weighted by atomic mass is 32.2. The molecule has 0 radical (unpaired) electrons. The second kappa shape index (κ2) is 5.38. The largest absolute Gasteiger partial charge is 0.494 e. The molecule has 7 nitrogen and oxygen atoms in total. The minimum Gasteiger partial charge on any atom is -0.494 e. The molecule has 0 spiro atoms. The zero-order chi connectivity index (χ0) is 17.8. The van der Waals surface area contributed by atoms with Gasteiger partial charge in [0.2, 0.25) is 0 Å². The lowest BCUT2D eigenvalue weighted by molar-refractivity contribution is 0.0701. The third kappa shape index (κ3) is 2.49. The van der Waals surface area contributed by atoms with E-state index in [-0.39, 0.29) is 17.1 Å². The minimum absolute atomic E-state index is 0.0916. The van der Waals surface area contributed by atoms with Gasteiger partial charge < -0.3 is 18.4 Å². The van der Waals surface area contributed by atoms with Gasteiger partial charge in [0.25, 0.3) is 0 Å². The molecule has 1 aliphatic rings. The molecule has 2 heterocycles. The summed E-state index contributed by atoms with van der Waals surface area (Å²) in [7, 11) is -2.28. The molecule has 2 aromatic heterocycles. The molecule has 0 bridgehead atoms. The Morgan fingerprint density at radius 2 is 2.00 bits per heavy atom. The number of benzene rings is 1. The van der Waals surface area contributed by atoms with Crippen molar-refractivity contribution in [3.63, 3.8) is 0 Å². The van der Waals surface area contributed by atoms with E-state index < -0.39 is 21.3 Å². The van der Waals surface area contributed by atoms with Crippen molar-refractivity contribution in [3.05, 3.63) is 42.1 Å². The van der Waals surface area contributed by atoms with E-state index in [1.54, 1.807) is 28.7 Å². The SMILES string of the molecule is COc1cc(OS(=O)(=O)C2CC2)cn2c1c(C(=O)O)c1ccccc12. The maximum absolute atomic E-state index is 12.1. The highest BCUT2D eigenvalue weighted by molar-refractivity contribution is 7.88. The van der Waals surface area contributed by atoms with Gasteiger partial charge in [-0.25, -0.2) is 4.79 Å². The molecule has 0 aliphatic heterocycles. The van der Waals surface area contributed by atoms with E-state index in [0.29, 0.717) is 29.3 Å². The standard InChI is InChI=1S/C17H15NO6S/c1-23-14-8-10(24-25(21,22)11-6-7-11)9-18-13-5-3-2-4-12(13)15(16(14)18)17(19)20/h2-5,8-9,11H,6-7H2,1H3,(H,19,20). The normalized spacial score (nSPS) is 14.8. The molecule has 0 unspecified atom stereocenters. The van der Waals surface area contributed by atoms with E-state index in [0.717, 1.165) is 0 Å². The number of fused-ring (bicyclic) bond motifs is 3. The first-order valence-corrected chi connectivity index (χ1v) is 9.17. The van der Waals surface area contributed by atoms with Gasteiger partial charge in [-0.15, -0.1) is 0 Å². The van der Waals surface area contributed by atoms with E-state index in [4.69, 9.17) is 8.92 Å². The Hall–Kier alpha value is -2.74. The lowest BCUT2D eigenvalue weighted by Gasteiger charge is -2.10. The van der Waals surface area contributed by atoms with Gasteiger partial charge >= 0.3 is 16.1 Å². The first-order valence-electron chi connectivity index (χ1n) is 7.70. The summed E-state index contributed by atoms with van der Waals surface area (Å²) in [5.74, 6) is -0.762. The fraction of sp³-hybridized carbons (Fsp3) is 0.235. The fourth-order valence-electron chi connectivity index (χ4n) is 2.98. The Labute approximate surface area is 143 Å². The average Bonchev–Trinajstić information content (AvgIpc) is 3.37. The smallest absolute Gasteiger partial charge is 0.338 e. The molecular weight excluding hydrogens is 346 g/mol. The molecule has 1 aromatic carbocycles. The van der Waals surface area contributed by atoms with E-state index in [1.165, 1.54) is 19.4 Å². The number of hydrogen-bond donors (Lipinski definition) is 1. The fourth-order valence-corrected chi connectivity index (χ4v) is 4.19. The first kappa shape index (κ1) is 15.8. The Morgan fingerprint density at radius 1 is 1.28 bits per heavy atom. The number of rotatable bonds is 5. The number of pyridine rings is 1. The lowest BCUT2D eigenvalue weighted by atomic mass is 10.1. The zero-order valence-electron chi connectivity index (χ0n) is 13.3. The molecule has 1 fully saturated rings. The number of ether oxygens (including phenoxy) is 1. The maximum atomic E-state index is 12.1. The average molecular weight is 361 g/mol. The van der Waals surface area contributed by atoms with Crippen LogP contribution in [-0.4, -0.2) is 36.3 Å².